The molecule has 1 heterocycles. The number of ether oxygens (including phenoxy) is 1. The van der Waals surface area contributed by atoms with Crippen molar-refractivity contribution < 1.29 is 9.26 Å². The molecule has 0 N–H and O–H groups in total. The molecule has 0 bridgehead atoms. The summed E-state index contributed by atoms with van der Waals surface area (Å²) in [5.74, 6) is 0.825. The Morgan fingerprint density at radius 2 is 2.15 bits per heavy atom. The molecule has 0 aliphatic rings. The van der Waals surface area contributed by atoms with Gasteiger partial charge in [-0.2, -0.15) is 0 Å². The van der Waals surface area contributed by atoms with Gasteiger partial charge in [0.2, 0.25) is 0 Å². The van der Waals surface area contributed by atoms with E-state index < -0.39 is 0 Å². The highest BCUT2D eigenvalue weighted by atomic mass is 16.5. The van der Waals surface area contributed by atoms with E-state index in [2.05, 4.69) is 5.16 Å². The molecule has 0 saturated heterocycles. The summed E-state index contributed by atoms with van der Waals surface area (Å²) in [5, 5.41) is 3.64. The predicted octanol–water partition coefficient (Wildman–Crippen LogP) is 2.35. The molecule has 66 valence electrons. The largest absolute Gasteiger partial charge is 0.496 e. The number of aromatic nitrogens is 1. The highest BCUT2D eigenvalue weighted by Crippen LogP contribution is 2.28. The van der Waals surface area contributed by atoms with Gasteiger partial charge in [0.05, 0.1) is 13.3 Å². The second-order valence-corrected chi connectivity index (χ2v) is 2.61. The highest BCUT2D eigenvalue weighted by Gasteiger charge is 2.05. The minimum Gasteiger partial charge on any atom is -0.496 e. The normalized spacial score (nSPS) is 9.92. The summed E-state index contributed by atoms with van der Waals surface area (Å²) in [6.07, 6.45) is 3.26. The standard InChI is InChI=1S/C10H9NO2/c1-12-10-5-3-2-4-9(10)8-6-11-13-7-8/h2-7H,1H3. The molecule has 0 fully saturated rings. The first kappa shape index (κ1) is 7.86. The fourth-order valence-corrected chi connectivity index (χ4v) is 1.22. The quantitative estimate of drug-likeness (QED) is 0.702. The molecule has 0 aliphatic carbocycles. The third-order valence-electron chi connectivity index (χ3n) is 1.85. The maximum absolute atomic E-state index is 5.20. The molecule has 2 aromatic rings. The van der Waals surface area contributed by atoms with Crippen LogP contribution in [-0.4, -0.2) is 12.3 Å². The van der Waals surface area contributed by atoms with Gasteiger partial charge in [-0.25, -0.2) is 0 Å². The Kier molecular flexibility index (Phi) is 2.00. The summed E-state index contributed by atoms with van der Waals surface area (Å²) in [6.45, 7) is 0. The fraction of sp³-hybridized carbons (Fsp3) is 0.100. The van der Waals surface area contributed by atoms with E-state index >= 15 is 0 Å². The molecule has 0 unspecified atom stereocenters. The van der Waals surface area contributed by atoms with Gasteiger partial charge in [-0.15, -0.1) is 0 Å². The molecule has 1 aromatic heterocycles. The first-order valence-corrected chi connectivity index (χ1v) is 3.94. The van der Waals surface area contributed by atoms with E-state index in [-0.39, 0.29) is 0 Å². The van der Waals surface area contributed by atoms with Gasteiger partial charge in [-0.3, -0.25) is 0 Å². The summed E-state index contributed by atoms with van der Waals surface area (Å²) >= 11 is 0. The van der Waals surface area contributed by atoms with E-state index in [1.807, 2.05) is 24.3 Å². The third kappa shape index (κ3) is 1.40. The average Bonchev–Trinajstić information content (AvgIpc) is 2.70. The molecule has 0 spiro atoms. The Balaban J connectivity index is 2.51. The molecule has 0 saturated carbocycles. The molecule has 0 amide bonds. The number of hydrogen-bond donors (Lipinski definition) is 0. The number of hydrogen-bond acceptors (Lipinski definition) is 3. The van der Waals surface area contributed by atoms with Crippen LogP contribution >= 0.6 is 0 Å². The monoisotopic (exact) mass is 175 g/mol. The molecule has 2 rings (SSSR count). The molecule has 3 nitrogen and oxygen atoms in total. The fourth-order valence-electron chi connectivity index (χ4n) is 1.22. The second kappa shape index (κ2) is 3.31. The molecule has 3 heteroatoms. The van der Waals surface area contributed by atoms with Gasteiger partial charge in [-0.05, 0) is 6.07 Å². The lowest BCUT2D eigenvalue weighted by molar-refractivity contribution is 0.415. The van der Waals surface area contributed by atoms with Crippen molar-refractivity contribution in [3.63, 3.8) is 0 Å². The van der Waals surface area contributed by atoms with Crippen LogP contribution in [0.25, 0.3) is 11.1 Å². The Hall–Kier alpha value is -1.77. The van der Waals surface area contributed by atoms with Gasteiger partial charge >= 0.3 is 0 Å². The van der Waals surface area contributed by atoms with Crippen LogP contribution in [0.1, 0.15) is 0 Å². The Morgan fingerprint density at radius 1 is 1.31 bits per heavy atom. The summed E-state index contributed by atoms with van der Waals surface area (Å²) in [6, 6.07) is 7.74. The smallest absolute Gasteiger partial charge is 0.131 e. The highest BCUT2D eigenvalue weighted by molar-refractivity contribution is 5.68. The minimum absolute atomic E-state index is 0.825. The van der Waals surface area contributed by atoms with Crippen LogP contribution in [0, 0.1) is 0 Å². The minimum atomic E-state index is 0.825. The maximum atomic E-state index is 5.20. The van der Waals surface area contributed by atoms with Crippen LogP contribution in [0.3, 0.4) is 0 Å². The predicted molar refractivity (Wildman–Crippen MR) is 48.5 cm³/mol. The van der Waals surface area contributed by atoms with E-state index in [1.165, 1.54) is 0 Å². The topological polar surface area (TPSA) is 35.3 Å². The number of para-hydroxylation sites is 1. The number of methoxy groups -OCH3 is 1. The Bertz CT molecular complexity index is 382. The maximum Gasteiger partial charge on any atom is 0.131 e. The number of rotatable bonds is 2. The molecular weight excluding hydrogens is 166 g/mol. The Labute approximate surface area is 75.9 Å². The zero-order valence-corrected chi connectivity index (χ0v) is 7.23. The van der Waals surface area contributed by atoms with E-state index in [1.54, 1.807) is 19.6 Å². The third-order valence-corrected chi connectivity index (χ3v) is 1.85. The second-order valence-electron chi connectivity index (χ2n) is 2.61. The summed E-state index contributed by atoms with van der Waals surface area (Å²) in [4.78, 5) is 0. The lowest BCUT2D eigenvalue weighted by atomic mass is 10.1. The molecule has 0 aliphatic heterocycles. The van der Waals surface area contributed by atoms with Crippen molar-refractivity contribution in [2.24, 2.45) is 0 Å². The van der Waals surface area contributed by atoms with Crippen LogP contribution in [0.5, 0.6) is 5.75 Å². The first-order valence-electron chi connectivity index (χ1n) is 3.94. The summed E-state index contributed by atoms with van der Waals surface area (Å²) in [7, 11) is 1.65. The van der Waals surface area contributed by atoms with Gasteiger partial charge in [0, 0.05) is 11.1 Å². The van der Waals surface area contributed by atoms with Crippen LogP contribution in [-0.2, 0) is 0 Å². The van der Waals surface area contributed by atoms with Crippen molar-refractivity contribution in [3.05, 3.63) is 36.7 Å². The van der Waals surface area contributed by atoms with E-state index in [0.717, 1.165) is 16.9 Å². The van der Waals surface area contributed by atoms with Gasteiger partial charge in [0.25, 0.3) is 0 Å². The van der Waals surface area contributed by atoms with Gasteiger partial charge in [0.15, 0.2) is 0 Å². The summed E-state index contributed by atoms with van der Waals surface area (Å²) in [5.41, 5.74) is 1.92. The van der Waals surface area contributed by atoms with Crippen LogP contribution in [0.2, 0.25) is 0 Å². The number of benzene rings is 1. The van der Waals surface area contributed by atoms with Gasteiger partial charge < -0.3 is 9.26 Å². The van der Waals surface area contributed by atoms with E-state index in [9.17, 15) is 0 Å². The zero-order chi connectivity index (χ0) is 9.10. The molecule has 1 aromatic carbocycles. The van der Waals surface area contributed by atoms with Gasteiger partial charge in [0.1, 0.15) is 12.0 Å². The van der Waals surface area contributed by atoms with Crippen molar-refractivity contribution in [1.29, 1.82) is 0 Å². The molecule has 0 atom stereocenters. The van der Waals surface area contributed by atoms with Crippen molar-refractivity contribution in [3.8, 4) is 16.9 Å². The molecule has 0 radical (unpaired) electrons. The Morgan fingerprint density at radius 3 is 2.85 bits per heavy atom. The van der Waals surface area contributed by atoms with Crippen molar-refractivity contribution in [2.45, 2.75) is 0 Å². The van der Waals surface area contributed by atoms with Crippen LogP contribution in [0.4, 0.5) is 0 Å². The van der Waals surface area contributed by atoms with Crippen LogP contribution < -0.4 is 4.74 Å². The van der Waals surface area contributed by atoms with Gasteiger partial charge in [-0.1, -0.05) is 23.4 Å². The summed E-state index contributed by atoms with van der Waals surface area (Å²) < 4.78 is 9.96. The molecule has 13 heavy (non-hydrogen) atoms. The zero-order valence-electron chi connectivity index (χ0n) is 7.23. The van der Waals surface area contributed by atoms with Crippen molar-refractivity contribution >= 4 is 0 Å². The van der Waals surface area contributed by atoms with Crippen LogP contribution in [0.15, 0.2) is 41.2 Å². The lowest BCUT2D eigenvalue weighted by Gasteiger charge is -2.04. The lowest BCUT2D eigenvalue weighted by Crippen LogP contribution is -1.85. The van der Waals surface area contributed by atoms with E-state index in [0.29, 0.717) is 0 Å². The van der Waals surface area contributed by atoms with Crippen molar-refractivity contribution in [1.82, 2.24) is 5.16 Å². The van der Waals surface area contributed by atoms with E-state index in [4.69, 9.17) is 9.26 Å². The average molecular weight is 175 g/mol. The first-order chi connectivity index (χ1) is 6.42. The van der Waals surface area contributed by atoms with Crippen molar-refractivity contribution in [2.75, 3.05) is 7.11 Å². The number of nitrogens with zero attached hydrogens (tertiary/aromatic N) is 1. The SMILES string of the molecule is COc1ccccc1-c1cnoc1. The molecular formula is C10H9NO2.